The van der Waals surface area contributed by atoms with Crippen LogP contribution in [0.25, 0.3) is 0 Å². The van der Waals surface area contributed by atoms with Crippen molar-refractivity contribution in [1.82, 2.24) is 10.3 Å². The number of aromatic nitrogens is 1. The lowest BCUT2D eigenvalue weighted by molar-refractivity contribution is 0.0935. The molecule has 0 bridgehead atoms. The molecule has 1 aromatic carbocycles. The Balaban J connectivity index is 1.73. The van der Waals surface area contributed by atoms with Gasteiger partial charge in [-0.2, -0.15) is 0 Å². The Hall–Kier alpha value is -2.43. The van der Waals surface area contributed by atoms with Crippen LogP contribution in [-0.2, 0) is 0 Å². The molecule has 0 aliphatic carbocycles. The molecule has 1 aliphatic rings. The van der Waals surface area contributed by atoms with Crippen LogP contribution in [-0.4, -0.2) is 24.0 Å². The molecule has 1 unspecified atom stereocenters. The molecule has 1 atom stereocenters. The van der Waals surface area contributed by atoms with Crippen molar-refractivity contribution in [1.29, 1.82) is 0 Å². The highest BCUT2D eigenvalue weighted by atomic mass is 19.1. The maximum absolute atomic E-state index is 13.6. The summed E-state index contributed by atoms with van der Waals surface area (Å²) < 4.78 is 13.6. The SMILES string of the molecule is CC(NC(=O)c1ccncc1F)c1cccc(N2CCCC2)c1. The average Bonchev–Trinajstić information content (AvgIpc) is 3.10. The van der Waals surface area contributed by atoms with Gasteiger partial charge in [0.05, 0.1) is 17.8 Å². The standard InChI is InChI=1S/C18H20FN3O/c1-13(21-18(23)16-7-8-20-12-17(16)19)14-5-4-6-15(11-14)22-9-2-3-10-22/h4-8,11-13H,2-3,9-10H2,1H3,(H,21,23). The van der Waals surface area contributed by atoms with Crippen molar-refractivity contribution >= 4 is 11.6 Å². The summed E-state index contributed by atoms with van der Waals surface area (Å²) in [5, 5.41) is 2.85. The number of hydrogen-bond acceptors (Lipinski definition) is 3. The highest BCUT2D eigenvalue weighted by Crippen LogP contribution is 2.24. The quantitative estimate of drug-likeness (QED) is 0.942. The van der Waals surface area contributed by atoms with Gasteiger partial charge < -0.3 is 10.2 Å². The van der Waals surface area contributed by atoms with Crippen molar-refractivity contribution in [3.63, 3.8) is 0 Å². The first-order chi connectivity index (χ1) is 11.1. The number of carbonyl (C=O) groups is 1. The van der Waals surface area contributed by atoms with Gasteiger partial charge in [0.1, 0.15) is 0 Å². The molecule has 3 rings (SSSR count). The van der Waals surface area contributed by atoms with Crippen LogP contribution in [0.3, 0.4) is 0 Å². The van der Waals surface area contributed by atoms with Crippen molar-refractivity contribution in [2.75, 3.05) is 18.0 Å². The second-order valence-electron chi connectivity index (χ2n) is 5.84. The summed E-state index contributed by atoms with van der Waals surface area (Å²) in [4.78, 5) is 18.2. The van der Waals surface area contributed by atoms with Crippen LogP contribution in [0, 0.1) is 5.82 Å². The molecule has 5 heteroatoms. The predicted octanol–water partition coefficient (Wildman–Crippen LogP) is 3.31. The van der Waals surface area contributed by atoms with Gasteiger partial charge in [-0.3, -0.25) is 9.78 Å². The number of halogens is 1. The van der Waals surface area contributed by atoms with Gasteiger partial charge in [-0.25, -0.2) is 4.39 Å². The number of anilines is 1. The van der Waals surface area contributed by atoms with Crippen molar-refractivity contribution in [2.24, 2.45) is 0 Å². The highest BCUT2D eigenvalue weighted by Gasteiger charge is 2.17. The lowest BCUT2D eigenvalue weighted by atomic mass is 10.1. The molecular weight excluding hydrogens is 293 g/mol. The lowest BCUT2D eigenvalue weighted by Gasteiger charge is -2.20. The Morgan fingerprint density at radius 3 is 2.83 bits per heavy atom. The molecule has 1 aromatic heterocycles. The zero-order chi connectivity index (χ0) is 16.2. The Morgan fingerprint density at radius 1 is 1.30 bits per heavy atom. The molecular formula is C18H20FN3O. The number of nitrogens with zero attached hydrogens (tertiary/aromatic N) is 2. The minimum atomic E-state index is -0.608. The summed E-state index contributed by atoms with van der Waals surface area (Å²) >= 11 is 0. The van der Waals surface area contributed by atoms with E-state index in [1.807, 2.05) is 19.1 Å². The van der Waals surface area contributed by atoms with Gasteiger partial charge in [-0.15, -0.1) is 0 Å². The Bertz CT molecular complexity index is 698. The highest BCUT2D eigenvalue weighted by molar-refractivity contribution is 5.94. The lowest BCUT2D eigenvalue weighted by Crippen LogP contribution is -2.27. The van der Waals surface area contributed by atoms with Gasteiger partial charge in [0, 0.05) is 25.0 Å². The first-order valence-corrected chi connectivity index (χ1v) is 7.90. The number of nitrogens with one attached hydrogen (secondary N) is 1. The predicted molar refractivity (Wildman–Crippen MR) is 88.0 cm³/mol. The zero-order valence-electron chi connectivity index (χ0n) is 13.1. The van der Waals surface area contributed by atoms with Crippen LogP contribution in [0.4, 0.5) is 10.1 Å². The van der Waals surface area contributed by atoms with Crippen LogP contribution in [0.1, 0.15) is 41.7 Å². The molecule has 1 aliphatic heterocycles. The molecule has 4 nitrogen and oxygen atoms in total. The maximum Gasteiger partial charge on any atom is 0.254 e. The third-order valence-corrected chi connectivity index (χ3v) is 4.21. The van der Waals surface area contributed by atoms with E-state index in [9.17, 15) is 9.18 Å². The first-order valence-electron chi connectivity index (χ1n) is 7.90. The largest absolute Gasteiger partial charge is 0.372 e. The van der Waals surface area contributed by atoms with E-state index in [2.05, 4.69) is 27.3 Å². The van der Waals surface area contributed by atoms with Gasteiger partial charge in [0.2, 0.25) is 0 Å². The van der Waals surface area contributed by atoms with E-state index in [4.69, 9.17) is 0 Å². The molecule has 0 radical (unpaired) electrons. The van der Waals surface area contributed by atoms with Crippen LogP contribution in [0.5, 0.6) is 0 Å². The summed E-state index contributed by atoms with van der Waals surface area (Å²) in [5.41, 5.74) is 2.20. The fourth-order valence-corrected chi connectivity index (χ4v) is 2.88. The van der Waals surface area contributed by atoms with Crippen LogP contribution in [0.2, 0.25) is 0 Å². The molecule has 120 valence electrons. The zero-order valence-corrected chi connectivity index (χ0v) is 13.1. The molecule has 1 N–H and O–H groups in total. The fourth-order valence-electron chi connectivity index (χ4n) is 2.88. The minimum absolute atomic E-state index is 0.0162. The molecule has 0 saturated carbocycles. The van der Waals surface area contributed by atoms with E-state index in [0.29, 0.717) is 0 Å². The van der Waals surface area contributed by atoms with Crippen molar-refractivity contribution in [3.05, 3.63) is 59.7 Å². The first kappa shape index (κ1) is 15.5. The minimum Gasteiger partial charge on any atom is -0.372 e. The molecule has 2 aromatic rings. The summed E-state index contributed by atoms with van der Waals surface area (Å²) in [5.74, 6) is -1.04. The Morgan fingerprint density at radius 2 is 2.09 bits per heavy atom. The fraction of sp³-hybridized carbons (Fsp3) is 0.333. The third-order valence-electron chi connectivity index (χ3n) is 4.21. The van der Waals surface area contributed by atoms with E-state index in [1.54, 1.807) is 0 Å². The van der Waals surface area contributed by atoms with Gasteiger partial charge in [-0.1, -0.05) is 12.1 Å². The van der Waals surface area contributed by atoms with Crippen molar-refractivity contribution < 1.29 is 9.18 Å². The van der Waals surface area contributed by atoms with Crippen molar-refractivity contribution in [3.8, 4) is 0 Å². The average molecular weight is 313 g/mol. The van der Waals surface area contributed by atoms with Crippen LogP contribution >= 0.6 is 0 Å². The van der Waals surface area contributed by atoms with E-state index >= 15 is 0 Å². The van der Waals surface area contributed by atoms with Gasteiger partial charge in [0.25, 0.3) is 5.91 Å². The van der Waals surface area contributed by atoms with Crippen molar-refractivity contribution in [2.45, 2.75) is 25.8 Å². The number of pyridine rings is 1. The molecule has 2 heterocycles. The number of benzene rings is 1. The Labute approximate surface area is 135 Å². The Kier molecular flexibility index (Phi) is 4.55. The molecule has 23 heavy (non-hydrogen) atoms. The molecule has 1 saturated heterocycles. The van der Waals surface area contributed by atoms with E-state index in [-0.39, 0.29) is 11.6 Å². The smallest absolute Gasteiger partial charge is 0.254 e. The second kappa shape index (κ2) is 6.77. The van der Waals surface area contributed by atoms with E-state index < -0.39 is 11.7 Å². The summed E-state index contributed by atoms with van der Waals surface area (Å²) in [6.07, 6.45) is 4.90. The monoisotopic (exact) mass is 313 g/mol. The number of hydrogen-bond donors (Lipinski definition) is 1. The molecule has 0 spiro atoms. The van der Waals surface area contributed by atoms with Gasteiger partial charge in [-0.05, 0) is 43.5 Å². The maximum atomic E-state index is 13.6. The van der Waals surface area contributed by atoms with Crippen LogP contribution in [0.15, 0.2) is 42.7 Å². The van der Waals surface area contributed by atoms with Gasteiger partial charge >= 0.3 is 0 Å². The number of amides is 1. The number of carbonyl (C=O) groups excluding carboxylic acids is 1. The third kappa shape index (κ3) is 3.50. The normalized spacial score (nSPS) is 15.5. The van der Waals surface area contributed by atoms with Gasteiger partial charge in [0.15, 0.2) is 5.82 Å². The number of rotatable bonds is 4. The van der Waals surface area contributed by atoms with E-state index in [0.717, 1.165) is 24.8 Å². The van der Waals surface area contributed by atoms with E-state index in [1.165, 1.54) is 30.8 Å². The summed E-state index contributed by atoms with van der Waals surface area (Å²) in [6, 6.07) is 9.35. The van der Waals surface area contributed by atoms with Crippen LogP contribution < -0.4 is 10.2 Å². The second-order valence-corrected chi connectivity index (χ2v) is 5.84. The molecule has 1 amide bonds. The summed E-state index contributed by atoms with van der Waals surface area (Å²) in [6.45, 7) is 4.05. The topological polar surface area (TPSA) is 45.2 Å². The molecule has 1 fully saturated rings. The summed E-state index contributed by atoms with van der Waals surface area (Å²) in [7, 11) is 0.